The number of aliphatic hydroxyl groups is 1. The second kappa shape index (κ2) is 26.1. The highest BCUT2D eigenvalue weighted by molar-refractivity contribution is 7.95. The van der Waals surface area contributed by atoms with Crippen molar-refractivity contribution >= 4 is 29.8 Å². The Kier molecular flexibility index (Phi) is 24.3. The number of hydrogen-bond donors (Lipinski definition) is 3. The van der Waals surface area contributed by atoms with Gasteiger partial charge in [-0.3, -0.25) is 14.4 Å². The number of aliphatic hydroxyl groups excluding tert-OH is 1. The molecule has 0 aliphatic heterocycles. The van der Waals surface area contributed by atoms with Gasteiger partial charge in [0.05, 0.1) is 18.5 Å². The lowest BCUT2D eigenvalue weighted by molar-refractivity contribution is -0.135. The van der Waals surface area contributed by atoms with Gasteiger partial charge in [0.25, 0.3) is 0 Å². The van der Waals surface area contributed by atoms with Gasteiger partial charge in [0, 0.05) is 25.3 Å². The molecular weight excluding hydrogens is 536 g/mol. The van der Waals surface area contributed by atoms with E-state index >= 15 is 0 Å². The molecule has 1 atom stereocenters. The van der Waals surface area contributed by atoms with E-state index in [0.29, 0.717) is 18.7 Å². The van der Waals surface area contributed by atoms with Gasteiger partial charge < -0.3 is 19.9 Å². The fourth-order valence-electron chi connectivity index (χ4n) is 3.11. The molecule has 0 bridgehead atoms. The Bertz CT molecular complexity index is 903. The molecule has 0 spiro atoms. The van der Waals surface area contributed by atoms with Gasteiger partial charge in [0.1, 0.15) is 6.10 Å². The van der Waals surface area contributed by atoms with Gasteiger partial charge in [-0.05, 0) is 50.4 Å². The third kappa shape index (κ3) is 23.6. The summed E-state index contributed by atoms with van der Waals surface area (Å²) < 4.78 is 5.09. The lowest BCUT2D eigenvalue weighted by Crippen LogP contribution is -2.44. The predicted octanol–water partition coefficient (Wildman–Crippen LogP) is 6.69. The highest BCUT2D eigenvalue weighted by Crippen LogP contribution is 2.24. The number of hydrogen-bond acceptors (Lipinski definition) is 6. The van der Waals surface area contributed by atoms with E-state index in [-0.39, 0.29) is 31.3 Å². The van der Waals surface area contributed by atoms with Crippen molar-refractivity contribution in [3.05, 3.63) is 72.9 Å². The van der Waals surface area contributed by atoms with Crippen LogP contribution in [0.3, 0.4) is 0 Å². The van der Waals surface area contributed by atoms with E-state index in [0.717, 1.165) is 50.6 Å². The summed E-state index contributed by atoms with van der Waals surface area (Å²) in [6.07, 6.45) is 30.8. The Labute approximate surface area is 252 Å². The smallest absolute Gasteiger partial charge is 0.321 e. The van der Waals surface area contributed by atoms with Crippen molar-refractivity contribution in [2.75, 3.05) is 18.8 Å². The summed E-state index contributed by atoms with van der Waals surface area (Å²) >= 11 is 0.998. The van der Waals surface area contributed by atoms with Crippen molar-refractivity contribution < 1.29 is 23.7 Å². The molecule has 0 aliphatic carbocycles. The molecular formula is C33H52N2O5S. The Hall–Kier alpha value is -2.84. The van der Waals surface area contributed by atoms with E-state index in [9.17, 15) is 19.5 Å². The van der Waals surface area contributed by atoms with Gasteiger partial charge in [-0.25, -0.2) is 0 Å². The van der Waals surface area contributed by atoms with Crippen LogP contribution < -0.4 is 10.6 Å². The SMILES string of the molecule is CC/C=C\C/C=C\C/C=C\C/C=C\C/C=C\C/C=C\CC(=O)OSCCNC(=O)CCNC(=O)[C@H](O)C(C)(C)CC. The third-order valence-electron chi connectivity index (χ3n) is 6.09. The molecule has 0 aromatic carbocycles. The van der Waals surface area contributed by atoms with Crippen LogP contribution in [-0.2, 0) is 18.6 Å². The average Bonchev–Trinajstić information content (AvgIpc) is 2.95. The first-order valence-electron chi connectivity index (χ1n) is 14.7. The molecule has 41 heavy (non-hydrogen) atoms. The van der Waals surface area contributed by atoms with Crippen LogP contribution in [-0.4, -0.2) is 47.8 Å². The van der Waals surface area contributed by atoms with E-state index < -0.39 is 17.4 Å². The lowest BCUT2D eigenvalue weighted by Gasteiger charge is -2.28. The van der Waals surface area contributed by atoms with Gasteiger partial charge >= 0.3 is 5.97 Å². The quantitative estimate of drug-likeness (QED) is 0.0698. The van der Waals surface area contributed by atoms with Crippen molar-refractivity contribution in [1.29, 1.82) is 0 Å². The molecule has 0 rings (SSSR count). The largest absolute Gasteiger partial charge is 0.391 e. The van der Waals surface area contributed by atoms with Crippen molar-refractivity contribution in [3.63, 3.8) is 0 Å². The summed E-state index contributed by atoms with van der Waals surface area (Å²) in [5.41, 5.74) is -0.521. The predicted molar refractivity (Wildman–Crippen MR) is 172 cm³/mol. The average molecular weight is 589 g/mol. The fourth-order valence-corrected chi connectivity index (χ4v) is 3.58. The van der Waals surface area contributed by atoms with Crippen LogP contribution in [0.5, 0.6) is 0 Å². The summed E-state index contributed by atoms with van der Waals surface area (Å²) in [4.78, 5) is 35.6. The lowest BCUT2D eigenvalue weighted by atomic mass is 9.83. The molecule has 0 unspecified atom stereocenters. The normalized spacial score (nSPS) is 13.4. The standard InChI is InChI=1S/C33H52N2O5S/c1-5-7-8-9-10-11-12-13-14-15-16-17-18-19-20-21-22-23-24-30(37)40-41-28-27-34-29(36)25-26-35-32(39)31(38)33(3,4)6-2/h7-8,10-11,13-14,16-17,19-20,22-23,31,38H,5-6,9,12,15,18,21,24-28H2,1-4H3,(H,34,36)(H,35,39)/b8-7-,11-10-,14-13-,17-16-,20-19-,23-22-/t31-/m0/s1. The van der Waals surface area contributed by atoms with Gasteiger partial charge in [-0.2, -0.15) is 0 Å². The number of carbonyl (C=O) groups is 3. The van der Waals surface area contributed by atoms with Crippen molar-refractivity contribution in [2.24, 2.45) is 5.41 Å². The second-order valence-corrected chi connectivity index (χ2v) is 10.8. The fraction of sp³-hybridized carbons (Fsp3) is 0.545. The molecule has 3 N–H and O–H groups in total. The van der Waals surface area contributed by atoms with E-state index in [2.05, 4.69) is 78.3 Å². The van der Waals surface area contributed by atoms with E-state index in [1.807, 2.05) is 26.8 Å². The molecule has 230 valence electrons. The van der Waals surface area contributed by atoms with Crippen LogP contribution in [0.1, 0.15) is 85.5 Å². The second-order valence-electron chi connectivity index (χ2n) is 10.0. The van der Waals surface area contributed by atoms with Crippen LogP contribution in [0, 0.1) is 5.41 Å². The number of rotatable bonds is 23. The highest BCUT2D eigenvalue weighted by Gasteiger charge is 2.31. The highest BCUT2D eigenvalue weighted by atomic mass is 32.2. The summed E-state index contributed by atoms with van der Waals surface area (Å²) in [5, 5.41) is 15.4. The monoisotopic (exact) mass is 588 g/mol. The van der Waals surface area contributed by atoms with Crippen molar-refractivity contribution in [3.8, 4) is 0 Å². The number of nitrogens with one attached hydrogen (secondary N) is 2. The molecule has 0 saturated carbocycles. The molecule has 0 fully saturated rings. The zero-order chi connectivity index (χ0) is 30.6. The van der Waals surface area contributed by atoms with Crippen LogP contribution in [0.4, 0.5) is 0 Å². The number of allylic oxidation sites excluding steroid dienone is 11. The van der Waals surface area contributed by atoms with Gasteiger partial charge in [-0.1, -0.05) is 101 Å². The summed E-state index contributed by atoms with van der Waals surface area (Å²) in [6.45, 7) is 8.17. The van der Waals surface area contributed by atoms with Crippen molar-refractivity contribution in [1.82, 2.24) is 10.6 Å². The zero-order valence-electron chi connectivity index (χ0n) is 25.5. The first-order chi connectivity index (χ1) is 19.7. The molecule has 0 heterocycles. The van der Waals surface area contributed by atoms with Gasteiger partial charge in [-0.15, -0.1) is 0 Å². The Morgan fingerprint density at radius 1 is 0.756 bits per heavy atom. The summed E-state index contributed by atoms with van der Waals surface area (Å²) in [6, 6.07) is 0. The van der Waals surface area contributed by atoms with Crippen LogP contribution in [0.15, 0.2) is 72.9 Å². The Balaban J connectivity index is 3.74. The maximum absolute atomic E-state index is 12.0. The van der Waals surface area contributed by atoms with Crippen molar-refractivity contribution in [2.45, 2.75) is 91.6 Å². The van der Waals surface area contributed by atoms with Gasteiger partial charge in [0.2, 0.25) is 11.8 Å². The molecule has 0 saturated heterocycles. The van der Waals surface area contributed by atoms with E-state index in [4.69, 9.17) is 4.18 Å². The van der Waals surface area contributed by atoms with Crippen LogP contribution in [0.25, 0.3) is 0 Å². The van der Waals surface area contributed by atoms with E-state index in [1.165, 1.54) is 0 Å². The van der Waals surface area contributed by atoms with E-state index in [1.54, 1.807) is 6.08 Å². The molecule has 0 aromatic heterocycles. The van der Waals surface area contributed by atoms with Crippen LogP contribution in [0.2, 0.25) is 0 Å². The van der Waals surface area contributed by atoms with Crippen LogP contribution >= 0.6 is 12.0 Å². The molecule has 0 aliphatic rings. The molecule has 8 heteroatoms. The third-order valence-corrected chi connectivity index (χ3v) is 6.77. The molecule has 0 radical (unpaired) electrons. The molecule has 2 amide bonds. The summed E-state index contributed by atoms with van der Waals surface area (Å²) in [7, 11) is 0. The maximum atomic E-state index is 12.0. The number of amides is 2. The first-order valence-corrected chi connectivity index (χ1v) is 15.6. The minimum atomic E-state index is -1.12. The topological polar surface area (TPSA) is 105 Å². The maximum Gasteiger partial charge on any atom is 0.321 e. The molecule has 7 nitrogen and oxygen atoms in total. The van der Waals surface area contributed by atoms with Gasteiger partial charge in [0.15, 0.2) is 0 Å². The molecule has 0 aromatic rings. The zero-order valence-corrected chi connectivity index (χ0v) is 26.3. The minimum Gasteiger partial charge on any atom is -0.391 e. The number of carbonyl (C=O) groups excluding carboxylic acids is 3. The summed E-state index contributed by atoms with van der Waals surface area (Å²) in [5.74, 6) is -0.604. The minimum absolute atomic E-state index is 0.109. The first kappa shape index (κ1) is 38.2. The Morgan fingerprint density at radius 3 is 1.73 bits per heavy atom. The Morgan fingerprint density at radius 2 is 1.24 bits per heavy atom.